The van der Waals surface area contributed by atoms with Gasteiger partial charge in [-0.05, 0) is 12.8 Å². The molecular weight excluding hydrogens is 202 g/mol. The van der Waals surface area contributed by atoms with Crippen LogP contribution in [0.15, 0.2) is 6.33 Å². The molecule has 90 valence electrons. The molecule has 0 spiro atoms. The van der Waals surface area contributed by atoms with Crippen molar-refractivity contribution in [1.82, 2.24) is 14.9 Å². The van der Waals surface area contributed by atoms with E-state index in [4.69, 9.17) is 0 Å². The SMILES string of the molecule is CCC(=O)NCCn1cnc(C(C)C)c1C. The number of carbonyl (C=O) groups excluding carboxylic acids is 1. The molecule has 0 saturated heterocycles. The summed E-state index contributed by atoms with van der Waals surface area (Å²) < 4.78 is 2.09. The Morgan fingerprint density at radius 3 is 2.75 bits per heavy atom. The summed E-state index contributed by atoms with van der Waals surface area (Å²) in [6.45, 7) is 9.66. The minimum absolute atomic E-state index is 0.0989. The Hall–Kier alpha value is -1.32. The predicted octanol–water partition coefficient (Wildman–Crippen LogP) is 1.84. The maximum absolute atomic E-state index is 11.1. The molecule has 16 heavy (non-hydrogen) atoms. The third-order valence-corrected chi connectivity index (χ3v) is 2.68. The van der Waals surface area contributed by atoms with Gasteiger partial charge in [-0.3, -0.25) is 4.79 Å². The van der Waals surface area contributed by atoms with Gasteiger partial charge in [-0.1, -0.05) is 20.8 Å². The highest BCUT2D eigenvalue weighted by Gasteiger charge is 2.09. The Kier molecular flexibility index (Phi) is 4.52. The maximum Gasteiger partial charge on any atom is 0.219 e. The van der Waals surface area contributed by atoms with Gasteiger partial charge in [-0.15, -0.1) is 0 Å². The van der Waals surface area contributed by atoms with Crippen molar-refractivity contribution in [2.24, 2.45) is 0 Å². The van der Waals surface area contributed by atoms with Gasteiger partial charge in [0.2, 0.25) is 5.91 Å². The fourth-order valence-corrected chi connectivity index (χ4v) is 1.69. The zero-order valence-corrected chi connectivity index (χ0v) is 10.6. The number of rotatable bonds is 5. The van der Waals surface area contributed by atoms with Crippen LogP contribution in [0.4, 0.5) is 0 Å². The second-order valence-electron chi connectivity index (χ2n) is 4.27. The lowest BCUT2D eigenvalue weighted by Crippen LogP contribution is -2.26. The van der Waals surface area contributed by atoms with Gasteiger partial charge in [-0.2, -0.15) is 0 Å². The fourth-order valence-electron chi connectivity index (χ4n) is 1.69. The van der Waals surface area contributed by atoms with E-state index < -0.39 is 0 Å². The van der Waals surface area contributed by atoms with Crippen molar-refractivity contribution < 1.29 is 4.79 Å². The lowest BCUT2D eigenvalue weighted by molar-refractivity contribution is -0.120. The Balaban J connectivity index is 2.52. The summed E-state index contributed by atoms with van der Waals surface area (Å²) in [5.41, 5.74) is 2.34. The topological polar surface area (TPSA) is 46.9 Å². The fraction of sp³-hybridized carbons (Fsp3) is 0.667. The molecule has 1 N–H and O–H groups in total. The molecule has 1 amide bonds. The second kappa shape index (κ2) is 5.68. The molecule has 0 fully saturated rings. The van der Waals surface area contributed by atoms with Crippen molar-refractivity contribution in [3.05, 3.63) is 17.7 Å². The number of hydrogen-bond acceptors (Lipinski definition) is 2. The smallest absolute Gasteiger partial charge is 0.219 e. The van der Waals surface area contributed by atoms with Gasteiger partial charge in [0.15, 0.2) is 0 Å². The van der Waals surface area contributed by atoms with Crippen LogP contribution in [0.1, 0.15) is 44.5 Å². The molecule has 0 atom stereocenters. The lowest BCUT2D eigenvalue weighted by atomic mass is 10.1. The molecule has 1 aromatic rings. The highest BCUT2D eigenvalue weighted by atomic mass is 16.1. The van der Waals surface area contributed by atoms with E-state index in [9.17, 15) is 4.79 Å². The van der Waals surface area contributed by atoms with Crippen LogP contribution in [0.3, 0.4) is 0 Å². The maximum atomic E-state index is 11.1. The monoisotopic (exact) mass is 223 g/mol. The van der Waals surface area contributed by atoms with Crippen LogP contribution < -0.4 is 5.32 Å². The van der Waals surface area contributed by atoms with Crippen LogP contribution in [-0.4, -0.2) is 22.0 Å². The summed E-state index contributed by atoms with van der Waals surface area (Å²) in [7, 11) is 0. The van der Waals surface area contributed by atoms with Crippen LogP contribution in [0.25, 0.3) is 0 Å². The summed E-state index contributed by atoms with van der Waals surface area (Å²) in [4.78, 5) is 15.4. The number of nitrogens with zero attached hydrogens (tertiary/aromatic N) is 2. The van der Waals surface area contributed by atoms with E-state index >= 15 is 0 Å². The first-order chi connectivity index (χ1) is 7.56. The molecule has 0 aliphatic carbocycles. The standard InChI is InChI=1S/C12H21N3O/c1-5-11(16)13-6-7-15-8-14-12(9(2)3)10(15)4/h8-9H,5-7H2,1-4H3,(H,13,16). The molecule has 4 heteroatoms. The van der Waals surface area contributed by atoms with Crippen LogP contribution in [0.2, 0.25) is 0 Å². The highest BCUT2D eigenvalue weighted by Crippen LogP contribution is 2.16. The zero-order valence-electron chi connectivity index (χ0n) is 10.6. The number of amides is 1. The molecule has 0 aliphatic heterocycles. The van der Waals surface area contributed by atoms with Crippen LogP contribution >= 0.6 is 0 Å². The molecule has 0 saturated carbocycles. The van der Waals surface area contributed by atoms with Gasteiger partial charge >= 0.3 is 0 Å². The molecule has 0 bridgehead atoms. The van der Waals surface area contributed by atoms with E-state index in [-0.39, 0.29) is 5.91 Å². The lowest BCUT2D eigenvalue weighted by Gasteiger charge is -2.08. The van der Waals surface area contributed by atoms with Crippen LogP contribution in [-0.2, 0) is 11.3 Å². The Bertz CT molecular complexity index is 355. The van der Waals surface area contributed by atoms with E-state index in [0.717, 1.165) is 12.2 Å². The average Bonchev–Trinajstić information content (AvgIpc) is 2.60. The third-order valence-electron chi connectivity index (χ3n) is 2.68. The number of nitrogens with one attached hydrogen (secondary N) is 1. The first-order valence-corrected chi connectivity index (χ1v) is 5.84. The van der Waals surface area contributed by atoms with Gasteiger partial charge < -0.3 is 9.88 Å². The first-order valence-electron chi connectivity index (χ1n) is 5.84. The number of hydrogen-bond donors (Lipinski definition) is 1. The van der Waals surface area contributed by atoms with Crippen molar-refractivity contribution in [3.8, 4) is 0 Å². The van der Waals surface area contributed by atoms with Gasteiger partial charge in [-0.25, -0.2) is 4.98 Å². The zero-order chi connectivity index (χ0) is 12.1. The summed E-state index contributed by atoms with van der Waals surface area (Å²) in [5.74, 6) is 0.549. The second-order valence-corrected chi connectivity index (χ2v) is 4.27. The number of carbonyl (C=O) groups is 1. The minimum atomic E-state index is 0.0989. The summed E-state index contributed by atoms with van der Waals surface area (Å²) in [6.07, 6.45) is 2.39. The van der Waals surface area contributed by atoms with Gasteiger partial charge in [0.25, 0.3) is 0 Å². The molecule has 0 unspecified atom stereocenters. The summed E-state index contributed by atoms with van der Waals surface area (Å²) in [6, 6.07) is 0. The number of aromatic nitrogens is 2. The highest BCUT2D eigenvalue weighted by molar-refractivity contribution is 5.75. The van der Waals surface area contributed by atoms with Crippen molar-refractivity contribution in [2.75, 3.05) is 6.54 Å². The van der Waals surface area contributed by atoms with Crippen molar-refractivity contribution in [3.63, 3.8) is 0 Å². The van der Waals surface area contributed by atoms with Crippen LogP contribution in [0.5, 0.6) is 0 Å². The first kappa shape index (κ1) is 12.7. The van der Waals surface area contributed by atoms with Crippen LogP contribution in [0, 0.1) is 6.92 Å². The molecule has 1 heterocycles. The molecule has 4 nitrogen and oxygen atoms in total. The quantitative estimate of drug-likeness (QED) is 0.828. The Labute approximate surface area is 97.1 Å². The van der Waals surface area contributed by atoms with E-state index in [1.165, 1.54) is 5.69 Å². The third kappa shape index (κ3) is 3.08. The molecule has 1 aromatic heterocycles. The van der Waals surface area contributed by atoms with Gasteiger partial charge in [0.05, 0.1) is 12.0 Å². The van der Waals surface area contributed by atoms with E-state index in [1.54, 1.807) is 0 Å². The minimum Gasteiger partial charge on any atom is -0.354 e. The normalized spacial score (nSPS) is 10.8. The van der Waals surface area contributed by atoms with Gasteiger partial charge in [0.1, 0.15) is 0 Å². The largest absolute Gasteiger partial charge is 0.354 e. The van der Waals surface area contributed by atoms with Crippen molar-refractivity contribution >= 4 is 5.91 Å². The van der Waals surface area contributed by atoms with E-state index in [1.807, 2.05) is 13.3 Å². The molecule has 0 aliphatic rings. The molecular formula is C12H21N3O. The molecule has 0 aromatic carbocycles. The average molecular weight is 223 g/mol. The summed E-state index contributed by atoms with van der Waals surface area (Å²) in [5, 5.41) is 2.86. The molecule has 0 radical (unpaired) electrons. The Morgan fingerprint density at radius 2 is 2.25 bits per heavy atom. The Morgan fingerprint density at radius 1 is 1.56 bits per heavy atom. The predicted molar refractivity (Wildman–Crippen MR) is 64.4 cm³/mol. The number of imidazole rings is 1. The summed E-state index contributed by atoms with van der Waals surface area (Å²) >= 11 is 0. The molecule has 1 rings (SSSR count). The van der Waals surface area contributed by atoms with E-state index in [0.29, 0.717) is 18.9 Å². The van der Waals surface area contributed by atoms with Gasteiger partial charge in [0, 0.05) is 25.2 Å². The van der Waals surface area contributed by atoms with Crippen molar-refractivity contribution in [2.45, 2.75) is 46.6 Å². The van der Waals surface area contributed by atoms with Crippen molar-refractivity contribution in [1.29, 1.82) is 0 Å². The van der Waals surface area contributed by atoms with E-state index in [2.05, 4.69) is 35.6 Å².